The number of ether oxygens (including phenoxy) is 2. The minimum atomic E-state index is -1.58. The van der Waals surface area contributed by atoms with Crippen LogP contribution in [0.1, 0.15) is 98.2 Å². The van der Waals surface area contributed by atoms with Crippen molar-refractivity contribution in [2.24, 2.45) is 0 Å². The van der Waals surface area contributed by atoms with Gasteiger partial charge in [-0.15, -0.1) is 0 Å². The summed E-state index contributed by atoms with van der Waals surface area (Å²) in [5.74, 6) is -0.543. The predicted octanol–water partition coefficient (Wildman–Crippen LogP) is 2.81. The molecular formula is C22H42O7. The van der Waals surface area contributed by atoms with Crippen LogP contribution in [0.15, 0.2) is 0 Å². The van der Waals surface area contributed by atoms with Crippen LogP contribution in [-0.4, -0.2) is 63.7 Å². The maximum absolute atomic E-state index is 11.9. The van der Waals surface area contributed by atoms with Crippen molar-refractivity contribution in [3.05, 3.63) is 0 Å². The van der Waals surface area contributed by atoms with Gasteiger partial charge in [0.05, 0.1) is 6.61 Å². The lowest BCUT2D eigenvalue weighted by molar-refractivity contribution is -0.290. The molecule has 5 atom stereocenters. The topological polar surface area (TPSA) is 116 Å². The van der Waals surface area contributed by atoms with E-state index in [0.717, 1.165) is 25.7 Å². The summed E-state index contributed by atoms with van der Waals surface area (Å²) in [4.78, 5) is 11.9. The smallest absolute Gasteiger partial charge is 0.306 e. The molecule has 0 bridgehead atoms. The van der Waals surface area contributed by atoms with E-state index in [1.165, 1.54) is 51.4 Å². The molecule has 172 valence electrons. The maximum Gasteiger partial charge on any atom is 0.306 e. The van der Waals surface area contributed by atoms with E-state index in [1.54, 1.807) is 0 Å². The Morgan fingerprint density at radius 3 is 1.90 bits per heavy atom. The molecule has 1 fully saturated rings. The molecule has 1 heterocycles. The van der Waals surface area contributed by atoms with Crippen molar-refractivity contribution < 1.29 is 36.1 Å². The molecule has 1 aliphatic rings. The second-order valence-corrected chi connectivity index (χ2v) is 8.03. The van der Waals surface area contributed by atoms with Gasteiger partial charge in [0, 0.05) is 7.79 Å². The number of rotatable bonds is 16. The zero-order valence-corrected chi connectivity index (χ0v) is 17.7. The summed E-state index contributed by atoms with van der Waals surface area (Å²) in [6.07, 6.45) is 8.16. The highest BCUT2D eigenvalue weighted by Crippen LogP contribution is 2.23. The van der Waals surface area contributed by atoms with Crippen LogP contribution in [-0.2, 0) is 14.3 Å². The molecule has 29 heavy (non-hydrogen) atoms. The Bertz CT molecular complexity index is 438. The largest absolute Gasteiger partial charge is 0.454 e. The monoisotopic (exact) mass is 419 g/mol. The van der Waals surface area contributed by atoms with Crippen LogP contribution in [0.2, 0.25) is 0 Å². The highest BCUT2D eigenvalue weighted by atomic mass is 16.7. The molecule has 0 aromatic heterocycles. The van der Waals surface area contributed by atoms with Crippen LogP contribution >= 0.6 is 0 Å². The molecule has 7 heteroatoms. The first-order valence-electron chi connectivity index (χ1n) is 12.0. The molecule has 4 N–H and O–H groups in total. The standard InChI is InChI=1S/C22H42O7/c1-2-3-4-5-6-7-8-9-10-11-12-13-14-15-18(24)29-21-20(26)19(25)17(16-23)28-22(21)27/h17,19-23,25-27H,2-16H2,1H3/t17-,19-,20+,21-,22?/m1/s1/i1D. The molecular weight excluding hydrogens is 376 g/mol. The number of aliphatic hydroxyl groups excluding tert-OH is 4. The first-order chi connectivity index (χ1) is 14.5. The van der Waals surface area contributed by atoms with Crippen molar-refractivity contribution in [1.82, 2.24) is 0 Å². The Morgan fingerprint density at radius 2 is 1.38 bits per heavy atom. The molecule has 1 saturated heterocycles. The molecule has 7 nitrogen and oxygen atoms in total. The lowest BCUT2D eigenvalue weighted by Crippen LogP contribution is -2.59. The Hall–Kier alpha value is -0.730. The molecule has 0 amide bonds. The van der Waals surface area contributed by atoms with Gasteiger partial charge in [-0.2, -0.15) is 0 Å². The normalized spacial score (nSPS) is 27.6. The summed E-state index contributed by atoms with van der Waals surface area (Å²) in [6, 6.07) is 0. The molecule has 0 spiro atoms. The van der Waals surface area contributed by atoms with E-state index in [0.29, 0.717) is 13.3 Å². The van der Waals surface area contributed by atoms with E-state index in [2.05, 4.69) is 0 Å². The number of hydrogen-bond acceptors (Lipinski definition) is 7. The van der Waals surface area contributed by atoms with Crippen LogP contribution < -0.4 is 0 Å². The molecule has 0 aliphatic carbocycles. The molecule has 0 saturated carbocycles. The first-order valence-corrected chi connectivity index (χ1v) is 11.3. The van der Waals surface area contributed by atoms with Gasteiger partial charge >= 0.3 is 5.97 Å². The fourth-order valence-corrected chi connectivity index (χ4v) is 3.62. The molecule has 0 aromatic rings. The van der Waals surface area contributed by atoms with E-state index < -0.39 is 43.3 Å². The summed E-state index contributed by atoms with van der Waals surface area (Å²) >= 11 is 0. The van der Waals surface area contributed by atoms with Crippen LogP contribution in [0, 0.1) is 0 Å². The second kappa shape index (κ2) is 16.0. The van der Waals surface area contributed by atoms with E-state index in [4.69, 9.17) is 16.0 Å². The van der Waals surface area contributed by atoms with Gasteiger partial charge in [-0.05, 0) is 6.42 Å². The Kier molecular flexibility index (Phi) is 13.6. The highest BCUT2D eigenvalue weighted by Gasteiger charge is 2.45. The van der Waals surface area contributed by atoms with Gasteiger partial charge in [0.1, 0.15) is 18.3 Å². The first kappa shape index (κ1) is 24.5. The van der Waals surface area contributed by atoms with Gasteiger partial charge in [0.2, 0.25) is 0 Å². The molecule has 1 rings (SSSR count). The van der Waals surface area contributed by atoms with Crippen LogP contribution in [0.5, 0.6) is 0 Å². The van der Waals surface area contributed by atoms with Gasteiger partial charge in [-0.25, -0.2) is 0 Å². The third kappa shape index (κ3) is 10.7. The zero-order valence-electron chi connectivity index (χ0n) is 18.7. The van der Waals surface area contributed by atoms with Crippen LogP contribution in [0.25, 0.3) is 0 Å². The Balaban J connectivity index is 1.97. The fourth-order valence-electron chi connectivity index (χ4n) is 3.62. The minimum Gasteiger partial charge on any atom is -0.454 e. The summed E-state index contributed by atoms with van der Waals surface area (Å²) in [7, 11) is 0. The number of hydrogen-bond donors (Lipinski definition) is 4. The summed E-state index contributed by atoms with van der Waals surface area (Å²) in [6.45, 7) is 0.00212. The van der Waals surface area contributed by atoms with Crippen molar-refractivity contribution in [3.63, 3.8) is 0 Å². The van der Waals surface area contributed by atoms with Crippen LogP contribution in [0.4, 0.5) is 0 Å². The number of unbranched alkanes of at least 4 members (excludes halogenated alkanes) is 12. The lowest BCUT2D eigenvalue weighted by Gasteiger charge is -2.39. The summed E-state index contributed by atoms with van der Waals surface area (Å²) in [5, 5.41) is 38.6. The van der Waals surface area contributed by atoms with Crippen molar-refractivity contribution in [3.8, 4) is 0 Å². The van der Waals surface area contributed by atoms with E-state index in [-0.39, 0.29) is 6.42 Å². The van der Waals surface area contributed by atoms with Gasteiger partial charge in [-0.3, -0.25) is 4.79 Å². The average Bonchev–Trinajstić information content (AvgIpc) is 2.74. The van der Waals surface area contributed by atoms with E-state index in [1.807, 2.05) is 0 Å². The fraction of sp³-hybridized carbons (Fsp3) is 0.955. The van der Waals surface area contributed by atoms with E-state index in [9.17, 15) is 20.1 Å². The summed E-state index contributed by atoms with van der Waals surface area (Å²) < 4.78 is 17.1. The van der Waals surface area contributed by atoms with Crippen molar-refractivity contribution in [2.45, 2.75) is 127 Å². The Morgan fingerprint density at radius 1 is 0.862 bits per heavy atom. The average molecular weight is 420 g/mol. The number of esters is 1. The number of carbonyl (C=O) groups is 1. The lowest BCUT2D eigenvalue weighted by atomic mass is 9.99. The molecule has 1 aliphatic heterocycles. The summed E-state index contributed by atoms with van der Waals surface area (Å²) in [5.41, 5.74) is 0. The van der Waals surface area contributed by atoms with Crippen LogP contribution in [0.3, 0.4) is 0 Å². The van der Waals surface area contributed by atoms with E-state index >= 15 is 0 Å². The van der Waals surface area contributed by atoms with Gasteiger partial charge in [0.15, 0.2) is 12.4 Å². The Labute approximate surface area is 176 Å². The minimum absolute atomic E-state index is 0.190. The predicted molar refractivity (Wildman–Crippen MR) is 110 cm³/mol. The maximum atomic E-state index is 11.9. The zero-order chi connectivity index (χ0) is 22.2. The molecule has 0 radical (unpaired) electrons. The number of carbonyl (C=O) groups excluding carboxylic acids is 1. The molecule has 1 unspecified atom stereocenters. The van der Waals surface area contributed by atoms with Gasteiger partial charge in [-0.1, -0.05) is 83.9 Å². The molecule has 0 aromatic carbocycles. The third-order valence-corrected chi connectivity index (χ3v) is 5.49. The van der Waals surface area contributed by atoms with Gasteiger partial charge < -0.3 is 29.9 Å². The van der Waals surface area contributed by atoms with Crippen molar-refractivity contribution in [1.29, 1.82) is 0 Å². The quantitative estimate of drug-likeness (QED) is 0.224. The second-order valence-electron chi connectivity index (χ2n) is 8.03. The SMILES string of the molecule is [2H]CCCCCCCCCCCCCCCC(=O)O[C@H]1C(O)O[C@H](CO)[C@@H](O)[C@@H]1O. The third-order valence-electron chi connectivity index (χ3n) is 5.49. The van der Waals surface area contributed by atoms with Crippen molar-refractivity contribution >= 4 is 5.97 Å². The van der Waals surface area contributed by atoms with Gasteiger partial charge in [0.25, 0.3) is 0 Å². The highest BCUT2D eigenvalue weighted by molar-refractivity contribution is 5.69. The van der Waals surface area contributed by atoms with Crippen molar-refractivity contribution in [2.75, 3.05) is 6.61 Å². The number of aliphatic hydroxyl groups is 4.